The Balaban J connectivity index is 1.43. The van der Waals surface area contributed by atoms with Crippen LogP contribution in [0.3, 0.4) is 0 Å². The Bertz CT molecular complexity index is 331. The summed E-state index contributed by atoms with van der Waals surface area (Å²) in [6, 6.07) is 0. The average Bonchev–Trinajstić information content (AvgIpc) is 3.09. The number of ether oxygens (including phenoxy) is 2. The molecule has 7 heteroatoms. The van der Waals surface area contributed by atoms with Crippen LogP contribution >= 0.6 is 11.7 Å². The van der Waals surface area contributed by atoms with E-state index in [4.69, 9.17) is 9.47 Å². The van der Waals surface area contributed by atoms with Gasteiger partial charge in [0.05, 0.1) is 24.4 Å². The summed E-state index contributed by atoms with van der Waals surface area (Å²) in [5.41, 5.74) is 0. The van der Waals surface area contributed by atoms with Crippen molar-refractivity contribution < 1.29 is 14.6 Å². The average molecular weight is 287 g/mol. The van der Waals surface area contributed by atoms with Crippen LogP contribution in [0.4, 0.5) is 0 Å². The molecule has 0 bridgehead atoms. The van der Waals surface area contributed by atoms with Crippen molar-refractivity contribution in [2.24, 2.45) is 0 Å². The first kappa shape index (κ1) is 14.6. The summed E-state index contributed by atoms with van der Waals surface area (Å²) in [4.78, 5) is 0. The van der Waals surface area contributed by atoms with E-state index in [1.807, 2.05) is 0 Å². The number of nitrogens with zero attached hydrogens (tertiary/aromatic N) is 2. The van der Waals surface area contributed by atoms with Crippen LogP contribution in [-0.4, -0.2) is 52.4 Å². The van der Waals surface area contributed by atoms with Crippen LogP contribution in [0.1, 0.15) is 25.7 Å². The number of rotatable bonds is 9. The maximum atomic E-state index is 9.69. The van der Waals surface area contributed by atoms with Gasteiger partial charge < -0.3 is 19.9 Å². The Kier molecular flexibility index (Phi) is 6.49. The van der Waals surface area contributed by atoms with E-state index in [1.165, 1.54) is 25.7 Å². The molecule has 1 aliphatic rings. The Hall–Kier alpha value is -0.760. The molecule has 0 saturated heterocycles. The lowest BCUT2D eigenvalue weighted by molar-refractivity contribution is 0.0561. The van der Waals surface area contributed by atoms with Crippen molar-refractivity contribution in [3.8, 4) is 5.88 Å². The van der Waals surface area contributed by atoms with Gasteiger partial charge in [0.2, 0.25) is 5.88 Å². The molecule has 2 rings (SSSR count). The lowest BCUT2D eigenvalue weighted by atomic mass is 10.3. The van der Waals surface area contributed by atoms with Gasteiger partial charge in [-0.05, 0) is 12.8 Å². The van der Waals surface area contributed by atoms with Gasteiger partial charge in [-0.25, -0.2) is 0 Å². The predicted molar refractivity (Wildman–Crippen MR) is 72.5 cm³/mol. The molecule has 0 radical (unpaired) electrons. The topological polar surface area (TPSA) is 76.5 Å². The molecule has 1 unspecified atom stereocenters. The van der Waals surface area contributed by atoms with Gasteiger partial charge in [-0.2, -0.15) is 4.37 Å². The van der Waals surface area contributed by atoms with Gasteiger partial charge in [0.15, 0.2) is 0 Å². The van der Waals surface area contributed by atoms with Gasteiger partial charge >= 0.3 is 0 Å². The van der Waals surface area contributed by atoms with Crippen LogP contribution in [0.15, 0.2) is 6.20 Å². The van der Waals surface area contributed by atoms with Crippen molar-refractivity contribution in [2.45, 2.75) is 37.9 Å². The minimum Gasteiger partial charge on any atom is -0.473 e. The highest BCUT2D eigenvalue weighted by Crippen LogP contribution is 2.20. The van der Waals surface area contributed by atoms with E-state index >= 15 is 0 Å². The second-order valence-electron chi connectivity index (χ2n) is 4.69. The maximum absolute atomic E-state index is 9.69. The number of hydrogen-bond donors (Lipinski definition) is 2. The molecule has 0 amide bonds. The van der Waals surface area contributed by atoms with Crippen LogP contribution in [0.25, 0.3) is 0 Å². The summed E-state index contributed by atoms with van der Waals surface area (Å²) in [5.74, 6) is 0.466. The first-order valence-corrected chi connectivity index (χ1v) is 7.48. The Morgan fingerprint density at radius 3 is 3.05 bits per heavy atom. The fraction of sp³-hybridized carbons (Fsp3) is 0.833. The van der Waals surface area contributed by atoms with Crippen molar-refractivity contribution in [3.63, 3.8) is 0 Å². The molecule has 19 heavy (non-hydrogen) atoms. The summed E-state index contributed by atoms with van der Waals surface area (Å²) >= 11 is 1.09. The molecule has 2 N–H and O–H groups in total. The fourth-order valence-electron chi connectivity index (χ4n) is 2.08. The van der Waals surface area contributed by atoms with Gasteiger partial charge in [-0.15, -0.1) is 4.37 Å². The van der Waals surface area contributed by atoms with E-state index in [9.17, 15) is 5.11 Å². The zero-order valence-electron chi connectivity index (χ0n) is 11.0. The SMILES string of the molecule is OC(CNCCOC1CCCC1)COc1cnsn1. The molecule has 1 aliphatic carbocycles. The third-order valence-electron chi connectivity index (χ3n) is 3.08. The highest BCUT2D eigenvalue weighted by Gasteiger charge is 2.14. The first-order valence-electron chi connectivity index (χ1n) is 6.75. The van der Waals surface area contributed by atoms with Crippen LogP contribution < -0.4 is 10.1 Å². The molecule has 0 spiro atoms. The largest absolute Gasteiger partial charge is 0.473 e. The standard InChI is InChI=1S/C12H21N3O3S/c16-10(9-18-12-8-14-19-15-12)7-13-5-6-17-11-3-1-2-4-11/h8,10-11,13,16H,1-7,9H2. The molecule has 1 aromatic rings. The Morgan fingerprint density at radius 2 is 2.32 bits per heavy atom. The Labute approximate surface area is 117 Å². The lowest BCUT2D eigenvalue weighted by Crippen LogP contribution is -2.33. The zero-order valence-corrected chi connectivity index (χ0v) is 11.8. The molecule has 1 heterocycles. The van der Waals surface area contributed by atoms with Crippen LogP contribution in [0, 0.1) is 0 Å². The molecule has 1 aromatic heterocycles. The van der Waals surface area contributed by atoms with Gasteiger partial charge in [0, 0.05) is 13.1 Å². The van der Waals surface area contributed by atoms with Crippen molar-refractivity contribution in [1.82, 2.24) is 14.1 Å². The minimum absolute atomic E-state index is 0.224. The Morgan fingerprint density at radius 1 is 1.47 bits per heavy atom. The van der Waals surface area contributed by atoms with Gasteiger partial charge in [-0.1, -0.05) is 12.8 Å². The molecule has 1 atom stereocenters. The maximum Gasteiger partial charge on any atom is 0.245 e. The first-order chi connectivity index (χ1) is 9.34. The number of nitrogens with one attached hydrogen (secondary N) is 1. The summed E-state index contributed by atoms with van der Waals surface area (Å²) < 4.78 is 18.7. The minimum atomic E-state index is -0.548. The van der Waals surface area contributed by atoms with Gasteiger partial charge in [0.25, 0.3) is 0 Å². The highest BCUT2D eigenvalue weighted by atomic mass is 32.1. The molecule has 1 saturated carbocycles. The highest BCUT2D eigenvalue weighted by molar-refractivity contribution is 6.99. The van der Waals surface area contributed by atoms with E-state index in [0.717, 1.165) is 18.3 Å². The van der Waals surface area contributed by atoms with Crippen molar-refractivity contribution >= 4 is 11.7 Å². The van der Waals surface area contributed by atoms with E-state index < -0.39 is 6.10 Å². The molecular weight excluding hydrogens is 266 g/mol. The lowest BCUT2D eigenvalue weighted by Gasteiger charge is -2.13. The van der Waals surface area contributed by atoms with Gasteiger partial charge in [0.1, 0.15) is 18.9 Å². The number of aromatic nitrogens is 2. The monoisotopic (exact) mass is 287 g/mol. The summed E-state index contributed by atoms with van der Waals surface area (Å²) in [6.07, 6.45) is 6.41. The predicted octanol–water partition coefficient (Wildman–Crippen LogP) is 0.827. The molecule has 6 nitrogen and oxygen atoms in total. The van der Waals surface area contributed by atoms with Crippen molar-refractivity contribution in [2.75, 3.05) is 26.3 Å². The van der Waals surface area contributed by atoms with E-state index in [1.54, 1.807) is 6.20 Å². The van der Waals surface area contributed by atoms with Crippen LogP contribution in [-0.2, 0) is 4.74 Å². The third-order valence-corrected chi connectivity index (χ3v) is 3.54. The fourth-order valence-corrected chi connectivity index (χ4v) is 2.45. The van der Waals surface area contributed by atoms with E-state index in [2.05, 4.69) is 14.1 Å². The summed E-state index contributed by atoms with van der Waals surface area (Å²) in [5, 5.41) is 12.8. The van der Waals surface area contributed by atoms with Gasteiger partial charge in [-0.3, -0.25) is 0 Å². The molecule has 0 aromatic carbocycles. The molecule has 0 aliphatic heterocycles. The third kappa shape index (κ3) is 5.82. The van der Waals surface area contributed by atoms with Crippen LogP contribution in [0.2, 0.25) is 0 Å². The molecule has 108 valence electrons. The molecule has 1 fully saturated rings. The zero-order chi connectivity index (χ0) is 13.3. The summed E-state index contributed by atoms with van der Waals surface area (Å²) in [6.45, 7) is 2.17. The van der Waals surface area contributed by atoms with Crippen molar-refractivity contribution in [1.29, 1.82) is 0 Å². The summed E-state index contributed by atoms with van der Waals surface area (Å²) in [7, 11) is 0. The van der Waals surface area contributed by atoms with E-state index in [0.29, 0.717) is 25.1 Å². The molecular formula is C12H21N3O3S. The number of aliphatic hydroxyl groups is 1. The second kappa shape index (κ2) is 8.42. The smallest absolute Gasteiger partial charge is 0.245 e. The number of hydrogen-bond acceptors (Lipinski definition) is 7. The second-order valence-corrected chi connectivity index (χ2v) is 5.25. The quantitative estimate of drug-likeness (QED) is 0.655. The normalized spacial score (nSPS) is 17.7. The van der Waals surface area contributed by atoms with Crippen molar-refractivity contribution in [3.05, 3.63) is 6.20 Å². The van der Waals surface area contributed by atoms with E-state index in [-0.39, 0.29) is 6.61 Å². The van der Waals surface area contributed by atoms with Crippen LogP contribution in [0.5, 0.6) is 5.88 Å². The number of aliphatic hydroxyl groups excluding tert-OH is 1.